The second-order valence-corrected chi connectivity index (χ2v) is 4.47. The van der Waals surface area contributed by atoms with Crippen molar-refractivity contribution in [3.63, 3.8) is 0 Å². The van der Waals surface area contributed by atoms with E-state index in [1.54, 1.807) is 38.5 Å². The molecule has 112 valence electrons. The topological polar surface area (TPSA) is 53.7 Å². The van der Waals surface area contributed by atoms with Crippen LogP contribution in [0, 0.1) is 5.82 Å². The van der Waals surface area contributed by atoms with Gasteiger partial charge in [0.15, 0.2) is 0 Å². The molecule has 0 aromatic heterocycles. The van der Waals surface area contributed by atoms with Crippen LogP contribution in [0.3, 0.4) is 0 Å². The zero-order valence-corrected chi connectivity index (χ0v) is 12.2. The second-order valence-electron chi connectivity index (χ2n) is 4.47. The summed E-state index contributed by atoms with van der Waals surface area (Å²) in [6.07, 6.45) is 0. The van der Waals surface area contributed by atoms with Gasteiger partial charge in [0, 0.05) is 11.1 Å². The van der Waals surface area contributed by atoms with Crippen molar-refractivity contribution in [1.82, 2.24) is 0 Å². The maximum atomic E-state index is 13.5. The van der Waals surface area contributed by atoms with Crippen molar-refractivity contribution in [1.29, 1.82) is 0 Å². The minimum atomic E-state index is -0.597. The van der Waals surface area contributed by atoms with Gasteiger partial charge in [0.2, 0.25) is 0 Å². The van der Waals surface area contributed by atoms with Gasteiger partial charge in [-0.05, 0) is 36.4 Å². The van der Waals surface area contributed by atoms with Crippen LogP contribution in [-0.4, -0.2) is 21.3 Å². The van der Waals surface area contributed by atoms with Gasteiger partial charge in [-0.1, -0.05) is 0 Å². The van der Waals surface area contributed by atoms with Gasteiger partial charge in [-0.25, -0.2) is 4.39 Å². The van der Waals surface area contributed by atoms with E-state index in [4.69, 9.17) is 19.9 Å². The largest absolute Gasteiger partial charge is 0.497 e. The predicted molar refractivity (Wildman–Crippen MR) is 78.5 cm³/mol. The van der Waals surface area contributed by atoms with Crippen molar-refractivity contribution in [2.75, 3.05) is 21.3 Å². The first-order valence-corrected chi connectivity index (χ1v) is 6.41. The molecule has 0 saturated carbocycles. The van der Waals surface area contributed by atoms with Crippen molar-refractivity contribution in [3.05, 3.63) is 53.3 Å². The maximum absolute atomic E-state index is 13.5. The Morgan fingerprint density at radius 2 is 1.43 bits per heavy atom. The molecule has 0 bridgehead atoms. The summed E-state index contributed by atoms with van der Waals surface area (Å²) < 4.78 is 29.3. The fourth-order valence-electron chi connectivity index (χ4n) is 2.20. The lowest BCUT2D eigenvalue weighted by molar-refractivity contribution is 0.393. The summed E-state index contributed by atoms with van der Waals surface area (Å²) in [6, 6.07) is 8.96. The van der Waals surface area contributed by atoms with Gasteiger partial charge in [-0.2, -0.15) is 0 Å². The van der Waals surface area contributed by atoms with Gasteiger partial charge in [0.25, 0.3) is 0 Å². The fraction of sp³-hybridized carbons (Fsp3) is 0.250. The van der Waals surface area contributed by atoms with Gasteiger partial charge >= 0.3 is 0 Å². The molecule has 2 aromatic carbocycles. The van der Waals surface area contributed by atoms with Crippen LogP contribution in [0.5, 0.6) is 17.2 Å². The summed E-state index contributed by atoms with van der Waals surface area (Å²) in [4.78, 5) is 0. The highest BCUT2D eigenvalue weighted by Gasteiger charge is 2.19. The van der Waals surface area contributed by atoms with Crippen LogP contribution in [0.1, 0.15) is 17.2 Å². The van der Waals surface area contributed by atoms with Crippen molar-refractivity contribution >= 4 is 0 Å². The van der Waals surface area contributed by atoms with Gasteiger partial charge in [-0.3, -0.25) is 0 Å². The third-order valence-corrected chi connectivity index (χ3v) is 3.30. The van der Waals surface area contributed by atoms with Gasteiger partial charge < -0.3 is 19.9 Å². The number of hydrogen-bond acceptors (Lipinski definition) is 4. The van der Waals surface area contributed by atoms with E-state index in [-0.39, 0.29) is 5.82 Å². The van der Waals surface area contributed by atoms with Crippen molar-refractivity contribution in [2.45, 2.75) is 6.04 Å². The van der Waals surface area contributed by atoms with Crippen molar-refractivity contribution in [3.8, 4) is 17.2 Å². The number of ether oxygens (including phenoxy) is 3. The minimum absolute atomic E-state index is 0.372. The van der Waals surface area contributed by atoms with E-state index in [2.05, 4.69) is 0 Å². The molecule has 21 heavy (non-hydrogen) atoms. The highest BCUT2D eigenvalue weighted by Crippen LogP contribution is 2.35. The molecule has 2 aromatic rings. The lowest BCUT2D eigenvalue weighted by atomic mass is 9.97. The molecule has 5 heteroatoms. The molecule has 0 aliphatic carbocycles. The normalized spacial score (nSPS) is 11.9. The molecule has 0 spiro atoms. The van der Waals surface area contributed by atoms with Crippen LogP contribution in [0.25, 0.3) is 0 Å². The minimum Gasteiger partial charge on any atom is -0.497 e. The Kier molecular flexibility index (Phi) is 4.65. The van der Waals surface area contributed by atoms with Gasteiger partial charge in [-0.15, -0.1) is 0 Å². The molecule has 0 aliphatic rings. The first-order valence-electron chi connectivity index (χ1n) is 6.41. The molecule has 1 atom stereocenters. The summed E-state index contributed by atoms with van der Waals surface area (Å²) in [6.45, 7) is 0. The van der Waals surface area contributed by atoms with Crippen LogP contribution < -0.4 is 19.9 Å². The number of methoxy groups -OCH3 is 3. The molecule has 0 aliphatic heterocycles. The molecule has 2 N–H and O–H groups in total. The Morgan fingerprint density at radius 3 is 2.00 bits per heavy atom. The Morgan fingerprint density at radius 1 is 0.857 bits per heavy atom. The summed E-state index contributed by atoms with van der Waals surface area (Å²) in [7, 11) is 4.65. The SMILES string of the molecule is COc1ccc(OC)c(C(N)c2cc(F)ccc2OC)c1. The standard InChI is InChI=1S/C16H18FNO3/c1-19-11-5-7-15(21-3)13(9-11)16(18)12-8-10(17)4-6-14(12)20-2/h4-9,16H,18H2,1-3H3. The lowest BCUT2D eigenvalue weighted by Gasteiger charge is -2.19. The van der Waals surface area contributed by atoms with Crippen molar-refractivity contribution in [2.24, 2.45) is 5.73 Å². The quantitative estimate of drug-likeness (QED) is 0.920. The lowest BCUT2D eigenvalue weighted by Crippen LogP contribution is -2.14. The van der Waals surface area contributed by atoms with E-state index >= 15 is 0 Å². The first kappa shape index (κ1) is 15.1. The average molecular weight is 291 g/mol. The molecule has 0 saturated heterocycles. The van der Waals surface area contributed by atoms with E-state index < -0.39 is 6.04 Å². The van der Waals surface area contributed by atoms with E-state index in [1.165, 1.54) is 19.2 Å². The second kappa shape index (κ2) is 6.45. The Labute approximate surface area is 123 Å². The van der Waals surface area contributed by atoms with E-state index in [9.17, 15) is 4.39 Å². The molecule has 2 rings (SSSR count). The van der Waals surface area contributed by atoms with E-state index in [0.29, 0.717) is 28.4 Å². The average Bonchev–Trinajstić information content (AvgIpc) is 2.53. The fourth-order valence-corrected chi connectivity index (χ4v) is 2.20. The summed E-state index contributed by atoms with van der Waals surface area (Å²) in [5.41, 5.74) is 7.52. The number of hydrogen-bond donors (Lipinski definition) is 1. The summed E-state index contributed by atoms with van der Waals surface area (Å²) in [5.74, 6) is 1.41. The molecule has 0 amide bonds. The Hall–Kier alpha value is -2.27. The predicted octanol–water partition coefficient (Wildman–Crippen LogP) is 2.90. The number of rotatable bonds is 5. The van der Waals surface area contributed by atoms with Crippen LogP contribution in [0.15, 0.2) is 36.4 Å². The number of halogens is 1. The molecule has 1 unspecified atom stereocenters. The van der Waals surface area contributed by atoms with Crippen LogP contribution >= 0.6 is 0 Å². The molecular formula is C16H18FNO3. The Bertz CT molecular complexity index is 631. The Balaban J connectivity index is 2.53. The summed E-state index contributed by atoms with van der Waals surface area (Å²) >= 11 is 0. The molecule has 0 radical (unpaired) electrons. The van der Waals surface area contributed by atoms with Crippen LogP contribution in [0.2, 0.25) is 0 Å². The monoisotopic (exact) mass is 291 g/mol. The maximum Gasteiger partial charge on any atom is 0.124 e. The third-order valence-electron chi connectivity index (χ3n) is 3.30. The summed E-state index contributed by atoms with van der Waals surface area (Å²) in [5, 5.41) is 0. The first-order chi connectivity index (χ1) is 10.1. The highest BCUT2D eigenvalue weighted by molar-refractivity contribution is 5.49. The van der Waals surface area contributed by atoms with E-state index in [0.717, 1.165) is 0 Å². The highest BCUT2D eigenvalue weighted by atomic mass is 19.1. The van der Waals surface area contributed by atoms with Gasteiger partial charge in [0.1, 0.15) is 23.1 Å². The van der Waals surface area contributed by atoms with Crippen molar-refractivity contribution < 1.29 is 18.6 Å². The molecule has 4 nitrogen and oxygen atoms in total. The van der Waals surface area contributed by atoms with Gasteiger partial charge in [0.05, 0.1) is 27.4 Å². The number of benzene rings is 2. The third kappa shape index (κ3) is 3.08. The van der Waals surface area contributed by atoms with Crippen LogP contribution in [-0.2, 0) is 0 Å². The zero-order valence-electron chi connectivity index (χ0n) is 12.2. The molecule has 0 fully saturated rings. The molecule has 0 heterocycles. The van der Waals surface area contributed by atoms with E-state index in [1.807, 2.05) is 0 Å². The number of nitrogens with two attached hydrogens (primary N) is 1. The molecular weight excluding hydrogens is 273 g/mol. The smallest absolute Gasteiger partial charge is 0.124 e. The zero-order chi connectivity index (χ0) is 15.4. The van der Waals surface area contributed by atoms with Crippen LogP contribution in [0.4, 0.5) is 4.39 Å².